The average molecular weight is 210 g/mol. The van der Waals surface area contributed by atoms with Gasteiger partial charge in [0.15, 0.2) is 0 Å². The molecule has 0 spiro atoms. The Morgan fingerprint density at radius 3 is 2.53 bits per heavy atom. The Morgan fingerprint density at radius 2 is 1.93 bits per heavy atom. The third-order valence-electron chi connectivity index (χ3n) is 3.86. The van der Waals surface area contributed by atoms with Crippen molar-refractivity contribution >= 4 is 5.91 Å². The molecule has 2 saturated carbocycles. The van der Waals surface area contributed by atoms with Crippen LogP contribution in [0.1, 0.15) is 44.9 Å². The van der Waals surface area contributed by atoms with E-state index in [-0.39, 0.29) is 5.91 Å². The molecular formula is C12H22N2O. The van der Waals surface area contributed by atoms with Gasteiger partial charge in [-0.1, -0.05) is 12.8 Å². The maximum atomic E-state index is 11.6. The third-order valence-corrected chi connectivity index (χ3v) is 3.86. The lowest BCUT2D eigenvalue weighted by molar-refractivity contribution is -0.127. The maximum Gasteiger partial charge on any atom is 0.223 e. The Bertz CT molecular complexity index is 226. The van der Waals surface area contributed by atoms with E-state index in [9.17, 15) is 4.79 Å². The summed E-state index contributed by atoms with van der Waals surface area (Å²) in [7, 11) is 0. The van der Waals surface area contributed by atoms with E-state index in [0.717, 1.165) is 32.2 Å². The fourth-order valence-electron chi connectivity index (χ4n) is 2.58. The Labute approximate surface area is 91.8 Å². The SMILES string of the molecule is NC1CCCC(CNC(=O)C2CCC2)C1. The van der Waals surface area contributed by atoms with Crippen LogP contribution in [0.15, 0.2) is 0 Å². The van der Waals surface area contributed by atoms with Crippen LogP contribution in [0.4, 0.5) is 0 Å². The first kappa shape index (κ1) is 10.9. The van der Waals surface area contributed by atoms with Gasteiger partial charge in [0, 0.05) is 18.5 Å². The zero-order chi connectivity index (χ0) is 10.7. The molecule has 0 radical (unpaired) electrons. The van der Waals surface area contributed by atoms with Crippen molar-refractivity contribution in [2.24, 2.45) is 17.6 Å². The second-order valence-electron chi connectivity index (χ2n) is 5.17. The topological polar surface area (TPSA) is 55.1 Å². The van der Waals surface area contributed by atoms with Crippen molar-refractivity contribution in [1.29, 1.82) is 0 Å². The molecule has 0 heterocycles. The van der Waals surface area contributed by atoms with Crippen LogP contribution in [0.25, 0.3) is 0 Å². The van der Waals surface area contributed by atoms with Crippen molar-refractivity contribution < 1.29 is 4.79 Å². The maximum absolute atomic E-state index is 11.6. The van der Waals surface area contributed by atoms with E-state index < -0.39 is 0 Å². The van der Waals surface area contributed by atoms with Gasteiger partial charge in [-0.25, -0.2) is 0 Å². The summed E-state index contributed by atoms with van der Waals surface area (Å²) in [5, 5.41) is 3.08. The van der Waals surface area contributed by atoms with Gasteiger partial charge >= 0.3 is 0 Å². The molecule has 86 valence electrons. The van der Waals surface area contributed by atoms with Crippen LogP contribution < -0.4 is 11.1 Å². The summed E-state index contributed by atoms with van der Waals surface area (Å²) in [4.78, 5) is 11.6. The number of nitrogens with two attached hydrogens (primary N) is 1. The second kappa shape index (κ2) is 4.97. The minimum Gasteiger partial charge on any atom is -0.356 e. The summed E-state index contributed by atoms with van der Waals surface area (Å²) in [6, 6.07) is 0.365. The number of carbonyl (C=O) groups excluding carboxylic acids is 1. The molecule has 0 bridgehead atoms. The normalized spacial score (nSPS) is 32.1. The van der Waals surface area contributed by atoms with Gasteiger partial charge in [-0.3, -0.25) is 4.79 Å². The van der Waals surface area contributed by atoms with Crippen LogP contribution in [-0.2, 0) is 4.79 Å². The number of amides is 1. The molecule has 2 unspecified atom stereocenters. The van der Waals surface area contributed by atoms with E-state index in [1.54, 1.807) is 0 Å². The minimum atomic E-state index is 0.278. The number of hydrogen-bond acceptors (Lipinski definition) is 2. The highest BCUT2D eigenvalue weighted by Crippen LogP contribution is 2.27. The molecule has 3 nitrogen and oxygen atoms in total. The van der Waals surface area contributed by atoms with Crippen molar-refractivity contribution in [3.8, 4) is 0 Å². The summed E-state index contributed by atoms with van der Waals surface area (Å²) in [6.45, 7) is 0.850. The summed E-state index contributed by atoms with van der Waals surface area (Å²) in [5.41, 5.74) is 5.92. The second-order valence-corrected chi connectivity index (χ2v) is 5.17. The Balaban J connectivity index is 1.65. The van der Waals surface area contributed by atoms with Gasteiger partial charge in [0.2, 0.25) is 5.91 Å². The first-order valence-electron chi connectivity index (χ1n) is 6.29. The Kier molecular flexibility index (Phi) is 3.62. The monoisotopic (exact) mass is 210 g/mol. The van der Waals surface area contributed by atoms with E-state index in [1.807, 2.05) is 0 Å². The lowest BCUT2D eigenvalue weighted by atomic mass is 9.83. The van der Waals surface area contributed by atoms with Gasteiger partial charge in [-0.15, -0.1) is 0 Å². The zero-order valence-corrected chi connectivity index (χ0v) is 9.37. The predicted molar refractivity (Wildman–Crippen MR) is 60.3 cm³/mol. The molecule has 15 heavy (non-hydrogen) atoms. The van der Waals surface area contributed by atoms with Gasteiger partial charge in [0.1, 0.15) is 0 Å². The molecule has 0 saturated heterocycles. The van der Waals surface area contributed by atoms with Gasteiger partial charge in [-0.2, -0.15) is 0 Å². The number of rotatable bonds is 3. The highest BCUT2D eigenvalue weighted by molar-refractivity contribution is 5.79. The minimum absolute atomic E-state index is 0.278. The van der Waals surface area contributed by atoms with E-state index in [0.29, 0.717) is 17.9 Å². The lowest BCUT2D eigenvalue weighted by Crippen LogP contribution is -2.39. The third kappa shape index (κ3) is 2.94. The molecule has 2 fully saturated rings. The standard InChI is InChI=1S/C12H22N2O/c13-11-6-1-3-9(7-11)8-14-12(15)10-4-2-5-10/h9-11H,1-8,13H2,(H,14,15). The fraction of sp³-hybridized carbons (Fsp3) is 0.917. The molecule has 0 aromatic rings. The average Bonchev–Trinajstić information content (AvgIpc) is 2.12. The van der Waals surface area contributed by atoms with Gasteiger partial charge < -0.3 is 11.1 Å². The molecule has 0 aliphatic heterocycles. The van der Waals surface area contributed by atoms with E-state index in [2.05, 4.69) is 5.32 Å². The van der Waals surface area contributed by atoms with Crippen LogP contribution in [0, 0.1) is 11.8 Å². The first-order valence-corrected chi connectivity index (χ1v) is 6.29. The fourth-order valence-corrected chi connectivity index (χ4v) is 2.58. The van der Waals surface area contributed by atoms with E-state index in [4.69, 9.17) is 5.73 Å². The van der Waals surface area contributed by atoms with Crippen molar-refractivity contribution in [2.75, 3.05) is 6.54 Å². The molecule has 2 rings (SSSR count). The van der Waals surface area contributed by atoms with Crippen LogP contribution in [0.2, 0.25) is 0 Å². The highest BCUT2D eigenvalue weighted by Gasteiger charge is 2.26. The highest BCUT2D eigenvalue weighted by atomic mass is 16.1. The largest absolute Gasteiger partial charge is 0.356 e. The van der Waals surface area contributed by atoms with Gasteiger partial charge in [0.05, 0.1) is 0 Å². The zero-order valence-electron chi connectivity index (χ0n) is 9.37. The molecular weight excluding hydrogens is 188 g/mol. The molecule has 2 atom stereocenters. The van der Waals surface area contributed by atoms with E-state index >= 15 is 0 Å². The van der Waals surface area contributed by atoms with Crippen molar-refractivity contribution in [2.45, 2.75) is 51.0 Å². The Morgan fingerprint density at radius 1 is 1.20 bits per heavy atom. The van der Waals surface area contributed by atoms with Crippen molar-refractivity contribution in [1.82, 2.24) is 5.32 Å². The lowest BCUT2D eigenvalue weighted by Gasteiger charge is -2.29. The molecule has 0 aromatic carbocycles. The number of carbonyl (C=O) groups is 1. The molecule has 3 N–H and O–H groups in total. The molecule has 2 aliphatic rings. The van der Waals surface area contributed by atoms with Crippen molar-refractivity contribution in [3.63, 3.8) is 0 Å². The molecule has 0 aromatic heterocycles. The summed E-state index contributed by atoms with van der Waals surface area (Å²) in [6.07, 6.45) is 8.13. The smallest absolute Gasteiger partial charge is 0.223 e. The number of hydrogen-bond donors (Lipinski definition) is 2. The summed E-state index contributed by atoms with van der Waals surface area (Å²) in [5.74, 6) is 1.22. The summed E-state index contributed by atoms with van der Waals surface area (Å²) < 4.78 is 0. The van der Waals surface area contributed by atoms with Crippen LogP contribution in [0.3, 0.4) is 0 Å². The first-order chi connectivity index (χ1) is 7.25. The molecule has 3 heteroatoms. The van der Waals surface area contributed by atoms with Gasteiger partial charge in [0.25, 0.3) is 0 Å². The van der Waals surface area contributed by atoms with Crippen LogP contribution in [-0.4, -0.2) is 18.5 Å². The van der Waals surface area contributed by atoms with Gasteiger partial charge in [-0.05, 0) is 38.0 Å². The molecule has 1 amide bonds. The van der Waals surface area contributed by atoms with E-state index in [1.165, 1.54) is 19.3 Å². The van der Waals surface area contributed by atoms with Crippen LogP contribution >= 0.6 is 0 Å². The predicted octanol–water partition coefficient (Wildman–Crippen LogP) is 1.42. The summed E-state index contributed by atoms with van der Waals surface area (Å²) >= 11 is 0. The quantitative estimate of drug-likeness (QED) is 0.740. The molecule has 2 aliphatic carbocycles. The van der Waals surface area contributed by atoms with Crippen LogP contribution in [0.5, 0.6) is 0 Å². The Hall–Kier alpha value is -0.570. The van der Waals surface area contributed by atoms with Crippen molar-refractivity contribution in [3.05, 3.63) is 0 Å². The number of nitrogens with one attached hydrogen (secondary N) is 1.